The standard InChI is InChI=1S/C10H7NOS2/c1-12-10-8(13)7-4-2-3-6(5-11)9(7)14-10/h2-4,13H,1H3. The molecule has 0 fully saturated rings. The Morgan fingerprint density at radius 2 is 2.29 bits per heavy atom. The monoisotopic (exact) mass is 221 g/mol. The van der Waals surface area contributed by atoms with Crippen molar-refractivity contribution < 1.29 is 4.74 Å². The van der Waals surface area contributed by atoms with E-state index < -0.39 is 0 Å². The lowest BCUT2D eigenvalue weighted by Crippen LogP contribution is -1.76. The maximum Gasteiger partial charge on any atom is 0.188 e. The normalized spacial score (nSPS) is 10.1. The number of thiol groups is 1. The topological polar surface area (TPSA) is 33.0 Å². The van der Waals surface area contributed by atoms with Crippen LogP contribution in [0.15, 0.2) is 23.1 Å². The molecule has 0 aliphatic carbocycles. The van der Waals surface area contributed by atoms with Crippen molar-refractivity contribution in [3.8, 4) is 11.1 Å². The number of thiophene rings is 1. The van der Waals surface area contributed by atoms with Crippen molar-refractivity contribution in [2.24, 2.45) is 0 Å². The van der Waals surface area contributed by atoms with Crippen LogP contribution in [-0.2, 0) is 0 Å². The second-order valence-electron chi connectivity index (χ2n) is 2.74. The highest BCUT2D eigenvalue weighted by Gasteiger charge is 2.11. The molecule has 0 aliphatic heterocycles. The van der Waals surface area contributed by atoms with Gasteiger partial charge < -0.3 is 4.74 Å². The highest BCUT2D eigenvalue weighted by molar-refractivity contribution is 7.81. The second-order valence-corrected chi connectivity index (χ2v) is 4.17. The largest absolute Gasteiger partial charge is 0.486 e. The summed E-state index contributed by atoms with van der Waals surface area (Å²) in [6, 6.07) is 7.75. The van der Waals surface area contributed by atoms with Crippen LogP contribution in [0.5, 0.6) is 5.06 Å². The summed E-state index contributed by atoms with van der Waals surface area (Å²) in [5.41, 5.74) is 0.672. The van der Waals surface area contributed by atoms with Crippen LogP contribution in [0.1, 0.15) is 5.56 Å². The van der Waals surface area contributed by atoms with E-state index in [1.54, 1.807) is 13.2 Å². The van der Waals surface area contributed by atoms with Gasteiger partial charge in [0.2, 0.25) is 0 Å². The van der Waals surface area contributed by atoms with Crippen LogP contribution in [0, 0.1) is 11.3 Å². The molecular weight excluding hydrogens is 214 g/mol. The molecule has 0 atom stereocenters. The predicted octanol–water partition coefficient (Wildman–Crippen LogP) is 3.07. The lowest BCUT2D eigenvalue weighted by atomic mass is 10.2. The minimum absolute atomic E-state index is 0.672. The van der Waals surface area contributed by atoms with Gasteiger partial charge in [0.25, 0.3) is 0 Å². The third kappa shape index (κ3) is 1.26. The van der Waals surface area contributed by atoms with Crippen molar-refractivity contribution in [2.75, 3.05) is 7.11 Å². The molecule has 0 saturated carbocycles. The van der Waals surface area contributed by atoms with Gasteiger partial charge in [-0.25, -0.2) is 0 Å². The second kappa shape index (κ2) is 3.52. The van der Waals surface area contributed by atoms with E-state index >= 15 is 0 Å². The maximum absolute atomic E-state index is 8.90. The predicted molar refractivity (Wildman–Crippen MR) is 60.3 cm³/mol. The van der Waals surface area contributed by atoms with Crippen molar-refractivity contribution >= 4 is 34.1 Å². The van der Waals surface area contributed by atoms with Gasteiger partial charge in [0.1, 0.15) is 6.07 Å². The highest BCUT2D eigenvalue weighted by atomic mass is 32.1. The fourth-order valence-electron chi connectivity index (χ4n) is 1.31. The first kappa shape index (κ1) is 9.38. The Morgan fingerprint density at radius 1 is 1.50 bits per heavy atom. The number of methoxy groups -OCH3 is 1. The maximum atomic E-state index is 8.90. The zero-order valence-corrected chi connectivity index (χ0v) is 9.15. The Hall–Kier alpha value is -1.18. The molecule has 0 N–H and O–H groups in total. The molecular formula is C10H7NOS2. The van der Waals surface area contributed by atoms with Crippen molar-refractivity contribution in [3.05, 3.63) is 23.8 Å². The van der Waals surface area contributed by atoms with E-state index in [0.717, 1.165) is 20.0 Å². The first-order valence-corrected chi connectivity index (χ1v) is 5.23. The van der Waals surface area contributed by atoms with Crippen LogP contribution in [0.25, 0.3) is 10.1 Å². The number of fused-ring (bicyclic) bond motifs is 1. The van der Waals surface area contributed by atoms with Gasteiger partial charge >= 0.3 is 0 Å². The van der Waals surface area contributed by atoms with Gasteiger partial charge in [-0.2, -0.15) is 5.26 Å². The lowest BCUT2D eigenvalue weighted by Gasteiger charge is -1.93. The minimum Gasteiger partial charge on any atom is -0.486 e. The van der Waals surface area contributed by atoms with Crippen molar-refractivity contribution in [1.29, 1.82) is 5.26 Å². The SMILES string of the molecule is COc1sc2c(C#N)cccc2c1S. The van der Waals surface area contributed by atoms with Crippen LogP contribution in [0.2, 0.25) is 0 Å². The lowest BCUT2D eigenvalue weighted by molar-refractivity contribution is 0.419. The molecule has 2 rings (SSSR count). The van der Waals surface area contributed by atoms with Crippen LogP contribution < -0.4 is 4.74 Å². The average Bonchev–Trinajstić information content (AvgIpc) is 2.55. The summed E-state index contributed by atoms with van der Waals surface area (Å²) < 4.78 is 6.10. The zero-order chi connectivity index (χ0) is 10.1. The molecule has 0 saturated heterocycles. The van der Waals surface area contributed by atoms with Gasteiger partial charge in [-0.1, -0.05) is 23.5 Å². The Morgan fingerprint density at radius 3 is 2.93 bits per heavy atom. The summed E-state index contributed by atoms with van der Waals surface area (Å²) in [4.78, 5) is 0.810. The average molecular weight is 221 g/mol. The molecule has 14 heavy (non-hydrogen) atoms. The molecule has 2 aromatic rings. The molecule has 0 aliphatic rings. The summed E-state index contributed by atoms with van der Waals surface area (Å²) in [5, 5.41) is 10.6. The summed E-state index contributed by atoms with van der Waals surface area (Å²) in [5.74, 6) is 0. The number of hydrogen-bond acceptors (Lipinski definition) is 4. The molecule has 0 bridgehead atoms. The van der Waals surface area contributed by atoms with Crippen LogP contribution in [0.4, 0.5) is 0 Å². The van der Waals surface area contributed by atoms with E-state index in [1.807, 2.05) is 12.1 Å². The molecule has 2 nitrogen and oxygen atoms in total. The minimum atomic E-state index is 0.672. The van der Waals surface area contributed by atoms with Gasteiger partial charge in [-0.3, -0.25) is 0 Å². The number of ether oxygens (including phenoxy) is 1. The fourth-order valence-corrected chi connectivity index (χ4v) is 2.78. The van der Waals surface area contributed by atoms with E-state index in [4.69, 9.17) is 10.00 Å². The summed E-state index contributed by atoms with van der Waals surface area (Å²) in [6.45, 7) is 0. The van der Waals surface area contributed by atoms with Crippen LogP contribution >= 0.6 is 24.0 Å². The van der Waals surface area contributed by atoms with E-state index in [0.29, 0.717) is 5.56 Å². The third-order valence-electron chi connectivity index (χ3n) is 1.96. The Balaban J connectivity index is 2.85. The van der Waals surface area contributed by atoms with Crippen LogP contribution in [-0.4, -0.2) is 7.11 Å². The summed E-state index contributed by atoms with van der Waals surface area (Å²) in [7, 11) is 1.61. The first-order chi connectivity index (χ1) is 6.77. The van der Waals surface area contributed by atoms with Gasteiger partial charge in [-0.15, -0.1) is 12.6 Å². The third-order valence-corrected chi connectivity index (χ3v) is 3.76. The van der Waals surface area contributed by atoms with Gasteiger partial charge in [0.05, 0.1) is 22.3 Å². The Labute approximate surface area is 91.1 Å². The molecule has 1 heterocycles. The van der Waals surface area contributed by atoms with Crippen molar-refractivity contribution in [3.63, 3.8) is 0 Å². The van der Waals surface area contributed by atoms with Crippen molar-refractivity contribution in [2.45, 2.75) is 4.90 Å². The molecule has 70 valence electrons. The van der Waals surface area contributed by atoms with E-state index in [2.05, 4.69) is 18.7 Å². The molecule has 1 aromatic heterocycles. The highest BCUT2D eigenvalue weighted by Crippen LogP contribution is 2.41. The van der Waals surface area contributed by atoms with Crippen LogP contribution in [0.3, 0.4) is 0 Å². The van der Waals surface area contributed by atoms with E-state index in [1.165, 1.54) is 11.3 Å². The number of benzene rings is 1. The Kier molecular flexibility index (Phi) is 2.36. The van der Waals surface area contributed by atoms with Gasteiger partial charge in [0, 0.05) is 5.39 Å². The van der Waals surface area contributed by atoms with Crippen molar-refractivity contribution in [1.82, 2.24) is 0 Å². The van der Waals surface area contributed by atoms with Gasteiger partial charge in [0.15, 0.2) is 5.06 Å². The van der Waals surface area contributed by atoms with Gasteiger partial charge in [-0.05, 0) is 6.07 Å². The van der Waals surface area contributed by atoms with E-state index in [9.17, 15) is 0 Å². The molecule has 0 spiro atoms. The smallest absolute Gasteiger partial charge is 0.188 e. The summed E-state index contributed by atoms with van der Waals surface area (Å²) >= 11 is 5.81. The number of nitrogens with zero attached hydrogens (tertiary/aromatic N) is 1. The number of hydrogen-bond donors (Lipinski definition) is 1. The number of rotatable bonds is 1. The molecule has 0 unspecified atom stereocenters. The zero-order valence-electron chi connectivity index (χ0n) is 7.44. The number of nitriles is 1. The summed E-state index contributed by atoms with van der Waals surface area (Å²) in [6.07, 6.45) is 0. The molecule has 0 radical (unpaired) electrons. The fraction of sp³-hybridized carbons (Fsp3) is 0.100. The molecule has 4 heteroatoms. The molecule has 0 amide bonds. The van der Waals surface area contributed by atoms with E-state index in [-0.39, 0.29) is 0 Å². The Bertz CT molecular complexity index is 525. The molecule has 1 aromatic carbocycles. The quantitative estimate of drug-likeness (QED) is 0.751. The first-order valence-electron chi connectivity index (χ1n) is 3.96.